The fraction of sp³-hybridized carbons (Fsp3) is 0.565. The molecule has 3 amide bonds. The van der Waals surface area contributed by atoms with Gasteiger partial charge >= 0.3 is 5.97 Å². The molecule has 0 aliphatic rings. The van der Waals surface area contributed by atoms with Crippen LogP contribution < -0.4 is 27.4 Å². The number of aliphatic hydroxyl groups is 1. The van der Waals surface area contributed by atoms with Crippen LogP contribution in [0.4, 0.5) is 0 Å². The van der Waals surface area contributed by atoms with Crippen LogP contribution in [0.2, 0.25) is 0 Å². The van der Waals surface area contributed by atoms with Crippen LogP contribution in [0.3, 0.4) is 0 Å². The number of hydrogen-bond acceptors (Lipinski definition) is 7. The molecule has 34 heavy (non-hydrogen) atoms. The van der Waals surface area contributed by atoms with Gasteiger partial charge in [-0.2, -0.15) is 0 Å². The molecule has 1 aromatic carbocycles. The Balaban J connectivity index is 2.99. The molecule has 0 fully saturated rings. The minimum atomic E-state index is -1.21. The third-order valence-corrected chi connectivity index (χ3v) is 5.26. The van der Waals surface area contributed by atoms with Crippen LogP contribution in [-0.2, 0) is 25.6 Å². The summed E-state index contributed by atoms with van der Waals surface area (Å²) in [6.07, 6.45) is 1.49. The number of aliphatic carboxylic acids is 1. The van der Waals surface area contributed by atoms with E-state index in [9.17, 15) is 24.3 Å². The zero-order chi connectivity index (χ0) is 25.7. The summed E-state index contributed by atoms with van der Waals surface area (Å²) in [6, 6.07) is 4.52. The van der Waals surface area contributed by atoms with Crippen molar-refractivity contribution in [3.05, 3.63) is 35.9 Å². The lowest BCUT2D eigenvalue weighted by molar-refractivity contribution is -0.142. The summed E-state index contributed by atoms with van der Waals surface area (Å²) in [6.45, 7) is 3.24. The lowest BCUT2D eigenvalue weighted by Crippen LogP contribution is -2.59. The first-order chi connectivity index (χ1) is 16.1. The monoisotopic (exact) mass is 479 g/mol. The van der Waals surface area contributed by atoms with Crippen LogP contribution in [0.15, 0.2) is 30.3 Å². The second kappa shape index (κ2) is 15.0. The zero-order valence-corrected chi connectivity index (χ0v) is 19.7. The molecule has 4 atom stereocenters. The molecule has 1 rings (SSSR count). The van der Waals surface area contributed by atoms with Gasteiger partial charge in [-0.3, -0.25) is 14.4 Å². The van der Waals surface area contributed by atoms with Crippen molar-refractivity contribution in [1.29, 1.82) is 0 Å². The van der Waals surface area contributed by atoms with Gasteiger partial charge in [-0.25, -0.2) is 4.79 Å². The Hall–Kier alpha value is -3.02. The molecule has 11 nitrogen and oxygen atoms in total. The van der Waals surface area contributed by atoms with Crippen molar-refractivity contribution in [2.24, 2.45) is 17.4 Å². The quantitative estimate of drug-likeness (QED) is 0.153. The molecule has 0 aliphatic heterocycles. The summed E-state index contributed by atoms with van der Waals surface area (Å²) in [5, 5.41) is 26.2. The number of amides is 3. The van der Waals surface area contributed by atoms with Gasteiger partial charge < -0.3 is 37.6 Å². The van der Waals surface area contributed by atoms with E-state index in [1.165, 1.54) is 0 Å². The Morgan fingerprint density at radius 3 is 2.06 bits per heavy atom. The van der Waals surface area contributed by atoms with Crippen LogP contribution >= 0.6 is 0 Å². The molecule has 0 saturated carbocycles. The minimum Gasteiger partial charge on any atom is -0.480 e. The number of carbonyl (C=O) groups is 4. The van der Waals surface area contributed by atoms with Crippen molar-refractivity contribution in [1.82, 2.24) is 16.0 Å². The second-order valence-electron chi connectivity index (χ2n) is 8.45. The van der Waals surface area contributed by atoms with Gasteiger partial charge in [0, 0.05) is 6.42 Å². The maximum atomic E-state index is 13.1. The number of carboxylic acids is 1. The van der Waals surface area contributed by atoms with Crippen LogP contribution in [0, 0.1) is 5.92 Å². The average Bonchev–Trinajstić information content (AvgIpc) is 2.80. The highest BCUT2D eigenvalue weighted by Crippen LogP contribution is 2.09. The van der Waals surface area contributed by atoms with Gasteiger partial charge in [-0.05, 0) is 37.3 Å². The third-order valence-electron chi connectivity index (χ3n) is 5.26. The van der Waals surface area contributed by atoms with Crippen molar-refractivity contribution in [3.63, 3.8) is 0 Å². The van der Waals surface area contributed by atoms with E-state index >= 15 is 0 Å². The predicted octanol–water partition coefficient (Wildman–Crippen LogP) is -1.13. The van der Waals surface area contributed by atoms with E-state index in [-0.39, 0.29) is 18.8 Å². The molecule has 0 spiro atoms. The number of aliphatic hydroxyl groups excluding tert-OH is 1. The first kappa shape index (κ1) is 29.0. The molecule has 4 unspecified atom stereocenters. The zero-order valence-electron chi connectivity index (χ0n) is 19.7. The Morgan fingerprint density at radius 2 is 1.53 bits per heavy atom. The van der Waals surface area contributed by atoms with Gasteiger partial charge in [0.05, 0.1) is 6.61 Å². The molecule has 0 aromatic heterocycles. The number of rotatable bonds is 15. The number of nitrogens with two attached hydrogens (primary N) is 2. The maximum Gasteiger partial charge on any atom is 0.326 e. The molecule has 9 N–H and O–H groups in total. The summed E-state index contributed by atoms with van der Waals surface area (Å²) < 4.78 is 0. The fourth-order valence-corrected chi connectivity index (χ4v) is 3.22. The van der Waals surface area contributed by atoms with E-state index in [0.717, 1.165) is 5.56 Å². The summed E-state index contributed by atoms with van der Waals surface area (Å²) >= 11 is 0. The number of carbonyl (C=O) groups excluding carboxylic acids is 3. The van der Waals surface area contributed by atoms with E-state index in [1.54, 1.807) is 38.1 Å². The van der Waals surface area contributed by atoms with Crippen molar-refractivity contribution in [3.8, 4) is 0 Å². The van der Waals surface area contributed by atoms with Gasteiger partial charge in [0.1, 0.15) is 24.2 Å². The van der Waals surface area contributed by atoms with Gasteiger partial charge in [0.15, 0.2) is 0 Å². The smallest absolute Gasteiger partial charge is 0.326 e. The lowest BCUT2D eigenvalue weighted by atomic mass is 10.00. The number of carboxylic acid groups (broad SMARTS) is 1. The Morgan fingerprint density at radius 1 is 0.912 bits per heavy atom. The fourth-order valence-electron chi connectivity index (χ4n) is 3.22. The van der Waals surface area contributed by atoms with E-state index in [2.05, 4.69) is 16.0 Å². The molecule has 1 aromatic rings. The molecule has 0 aliphatic carbocycles. The van der Waals surface area contributed by atoms with Crippen molar-refractivity contribution >= 4 is 23.7 Å². The van der Waals surface area contributed by atoms with Gasteiger partial charge in [0.2, 0.25) is 17.7 Å². The second-order valence-corrected chi connectivity index (χ2v) is 8.45. The van der Waals surface area contributed by atoms with Gasteiger partial charge in [-0.15, -0.1) is 0 Å². The van der Waals surface area contributed by atoms with Crippen molar-refractivity contribution in [2.75, 3.05) is 13.2 Å². The highest BCUT2D eigenvalue weighted by Gasteiger charge is 2.31. The molecule has 0 radical (unpaired) electrons. The molecule has 0 saturated heterocycles. The minimum absolute atomic E-state index is 0.125. The van der Waals surface area contributed by atoms with Crippen LogP contribution in [-0.4, -0.2) is 71.2 Å². The lowest BCUT2D eigenvalue weighted by Gasteiger charge is -2.27. The molecular formula is C23H37N5O6. The largest absolute Gasteiger partial charge is 0.480 e. The van der Waals surface area contributed by atoms with E-state index in [1.807, 2.05) is 6.07 Å². The Bertz CT molecular complexity index is 804. The van der Waals surface area contributed by atoms with E-state index < -0.39 is 54.5 Å². The number of unbranched alkanes of at least 4 members (excludes halogenated alkanes) is 1. The van der Waals surface area contributed by atoms with Gasteiger partial charge in [-0.1, -0.05) is 44.2 Å². The predicted molar refractivity (Wildman–Crippen MR) is 126 cm³/mol. The van der Waals surface area contributed by atoms with Gasteiger partial charge in [0.25, 0.3) is 0 Å². The molecule has 190 valence electrons. The van der Waals surface area contributed by atoms with Crippen LogP contribution in [0.5, 0.6) is 0 Å². The highest BCUT2D eigenvalue weighted by atomic mass is 16.4. The maximum absolute atomic E-state index is 13.1. The highest BCUT2D eigenvalue weighted by molar-refractivity contribution is 5.94. The standard InChI is InChI=1S/C23H37N5O6/c1-14(2)19(22(32)26-17(23(33)34)10-6-7-11-24)28-21(31)18(27-20(30)16(25)13-29)12-15-8-4-3-5-9-15/h3-5,8-9,14,16-19,29H,6-7,10-13,24-25H2,1-2H3,(H,26,32)(H,27,30)(H,28,31)(H,33,34). The summed E-state index contributed by atoms with van der Waals surface area (Å²) in [5.41, 5.74) is 11.8. The van der Waals surface area contributed by atoms with Crippen molar-refractivity contribution < 1.29 is 29.4 Å². The Labute approximate surface area is 199 Å². The first-order valence-electron chi connectivity index (χ1n) is 11.3. The number of nitrogens with one attached hydrogen (secondary N) is 3. The summed E-state index contributed by atoms with van der Waals surface area (Å²) in [4.78, 5) is 49.8. The third kappa shape index (κ3) is 9.86. The van der Waals surface area contributed by atoms with Crippen molar-refractivity contribution in [2.45, 2.75) is 63.7 Å². The van der Waals surface area contributed by atoms with Crippen LogP contribution in [0.25, 0.3) is 0 Å². The topological polar surface area (TPSA) is 197 Å². The SMILES string of the molecule is CC(C)C(NC(=O)C(Cc1ccccc1)NC(=O)C(N)CO)C(=O)NC(CCCCN)C(=O)O. The number of benzene rings is 1. The van der Waals surface area contributed by atoms with E-state index in [4.69, 9.17) is 16.6 Å². The molecule has 11 heteroatoms. The summed E-state index contributed by atoms with van der Waals surface area (Å²) in [7, 11) is 0. The average molecular weight is 480 g/mol. The first-order valence-corrected chi connectivity index (χ1v) is 11.3. The van der Waals surface area contributed by atoms with E-state index in [0.29, 0.717) is 19.4 Å². The molecule has 0 heterocycles. The molecular weight excluding hydrogens is 442 g/mol. The number of hydrogen-bond donors (Lipinski definition) is 7. The summed E-state index contributed by atoms with van der Waals surface area (Å²) in [5.74, 6) is -3.52. The Kier molecular flexibility index (Phi) is 12.8. The van der Waals surface area contributed by atoms with Crippen LogP contribution in [0.1, 0.15) is 38.7 Å². The molecule has 0 bridgehead atoms. The normalized spacial score (nSPS) is 14.5.